The zero-order chi connectivity index (χ0) is 13.5. The third kappa shape index (κ3) is 1.55. The van der Waals surface area contributed by atoms with Crippen LogP contribution in [0.3, 0.4) is 0 Å². The summed E-state index contributed by atoms with van der Waals surface area (Å²) in [4.78, 5) is 19.4. The van der Waals surface area contributed by atoms with Crippen molar-refractivity contribution in [2.45, 2.75) is 0 Å². The number of nitrogens with zero attached hydrogens (tertiary/aromatic N) is 2. The molecule has 0 atom stereocenters. The summed E-state index contributed by atoms with van der Waals surface area (Å²) in [6.45, 7) is 0. The van der Waals surface area contributed by atoms with Crippen LogP contribution in [0.1, 0.15) is 10.5 Å². The van der Waals surface area contributed by atoms with Crippen LogP contribution >= 0.6 is 0 Å². The van der Waals surface area contributed by atoms with Gasteiger partial charge in [0.2, 0.25) is 0 Å². The molecule has 20 heavy (non-hydrogen) atoms. The van der Waals surface area contributed by atoms with Crippen molar-refractivity contribution in [1.29, 1.82) is 0 Å². The molecule has 4 aromatic rings. The summed E-state index contributed by atoms with van der Waals surface area (Å²) in [5.41, 5.74) is 1.56. The predicted molar refractivity (Wildman–Crippen MR) is 77.8 cm³/mol. The molecule has 2 heterocycles. The lowest BCUT2D eigenvalue weighted by Gasteiger charge is -1.99. The minimum absolute atomic E-state index is 0.109. The fourth-order valence-corrected chi connectivity index (χ4v) is 2.51. The lowest BCUT2D eigenvalue weighted by Crippen LogP contribution is -2.09. The lowest BCUT2D eigenvalue weighted by atomic mass is 10.1. The Morgan fingerprint density at radius 3 is 2.80 bits per heavy atom. The number of aromatic nitrogens is 3. The van der Waals surface area contributed by atoms with Crippen LogP contribution in [-0.4, -0.2) is 20.4 Å². The number of fused-ring (bicyclic) bond motifs is 3. The van der Waals surface area contributed by atoms with Crippen LogP contribution in [0.5, 0.6) is 0 Å². The van der Waals surface area contributed by atoms with Gasteiger partial charge in [-0.15, -0.1) is 0 Å². The van der Waals surface area contributed by atoms with E-state index in [1.807, 2.05) is 24.3 Å². The van der Waals surface area contributed by atoms with Crippen LogP contribution < -0.4 is 0 Å². The Morgan fingerprint density at radius 2 is 1.95 bits per heavy atom. The first-order chi connectivity index (χ1) is 9.83. The van der Waals surface area contributed by atoms with Gasteiger partial charge in [-0.25, -0.2) is 4.98 Å². The lowest BCUT2D eigenvalue weighted by molar-refractivity contribution is 0.0955. The molecule has 0 bridgehead atoms. The molecule has 0 fully saturated rings. The molecular formula is C16H11N3O. The second-order valence-electron chi connectivity index (χ2n) is 4.71. The average molecular weight is 261 g/mol. The number of hydrogen-bond acceptors (Lipinski definition) is 2. The van der Waals surface area contributed by atoms with Gasteiger partial charge in [-0.3, -0.25) is 9.36 Å². The summed E-state index contributed by atoms with van der Waals surface area (Å²) in [5.74, 6) is -0.109. The maximum Gasteiger partial charge on any atom is 0.279 e. The molecule has 1 N–H and O–H groups in total. The highest BCUT2D eigenvalue weighted by atomic mass is 16.2. The number of rotatable bonds is 1. The summed E-state index contributed by atoms with van der Waals surface area (Å²) < 4.78 is 1.47. The van der Waals surface area contributed by atoms with E-state index in [4.69, 9.17) is 0 Å². The molecule has 0 aliphatic carbocycles. The fraction of sp³-hybridized carbons (Fsp3) is 0. The number of carbonyl (C=O) groups excluding carboxylic acids is 1. The van der Waals surface area contributed by atoms with Gasteiger partial charge in [0.05, 0.1) is 5.52 Å². The summed E-state index contributed by atoms with van der Waals surface area (Å²) in [5, 5.41) is 3.31. The molecule has 0 saturated carbocycles. The van der Waals surface area contributed by atoms with Gasteiger partial charge >= 0.3 is 0 Å². The molecule has 0 amide bonds. The van der Waals surface area contributed by atoms with Gasteiger partial charge in [0, 0.05) is 23.2 Å². The van der Waals surface area contributed by atoms with E-state index >= 15 is 0 Å². The van der Waals surface area contributed by atoms with Crippen LogP contribution in [-0.2, 0) is 0 Å². The Hall–Kier alpha value is -2.88. The second kappa shape index (κ2) is 4.06. The van der Waals surface area contributed by atoms with Crippen molar-refractivity contribution >= 4 is 27.6 Å². The number of nitrogens with one attached hydrogen (secondary N) is 1. The first-order valence-electron chi connectivity index (χ1n) is 6.36. The Balaban J connectivity index is 1.95. The molecule has 0 spiro atoms. The summed E-state index contributed by atoms with van der Waals surface area (Å²) in [7, 11) is 0. The van der Waals surface area contributed by atoms with E-state index in [-0.39, 0.29) is 5.91 Å². The monoisotopic (exact) mass is 261 g/mol. The van der Waals surface area contributed by atoms with Gasteiger partial charge in [0.1, 0.15) is 12.0 Å². The topological polar surface area (TPSA) is 50.7 Å². The maximum atomic E-state index is 12.3. The number of imidazole rings is 1. The number of hydrogen-bond donors (Lipinski definition) is 1. The largest absolute Gasteiger partial charge is 0.350 e. The molecule has 2 aromatic carbocycles. The predicted octanol–water partition coefficient (Wildman–Crippen LogP) is 3.21. The van der Waals surface area contributed by atoms with Gasteiger partial charge in [-0.05, 0) is 11.5 Å². The van der Waals surface area contributed by atoms with Crippen LogP contribution in [0.25, 0.3) is 21.7 Å². The van der Waals surface area contributed by atoms with Crippen molar-refractivity contribution in [1.82, 2.24) is 14.5 Å². The third-order valence-electron chi connectivity index (χ3n) is 3.49. The van der Waals surface area contributed by atoms with Crippen LogP contribution in [0.2, 0.25) is 0 Å². The highest BCUT2D eigenvalue weighted by molar-refractivity contribution is 6.09. The molecule has 0 unspecified atom stereocenters. The first-order valence-corrected chi connectivity index (χ1v) is 6.36. The summed E-state index contributed by atoms with van der Waals surface area (Å²) in [6.07, 6.45) is 4.74. The normalized spacial score (nSPS) is 11.2. The molecule has 0 aliphatic heterocycles. The molecule has 2 aromatic heterocycles. The highest BCUT2D eigenvalue weighted by Gasteiger charge is 2.12. The van der Waals surface area contributed by atoms with Crippen molar-refractivity contribution < 1.29 is 4.79 Å². The van der Waals surface area contributed by atoms with E-state index in [2.05, 4.69) is 28.2 Å². The van der Waals surface area contributed by atoms with Crippen LogP contribution in [0.4, 0.5) is 0 Å². The van der Waals surface area contributed by atoms with Crippen LogP contribution in [0, 0.1) is 0 Å². The van der Waals surface area contributed by atoms with E-state index in [9.17, 15) is 4.79 Å². The van der Waals surface area contributed by atoms with Gasteiger partial charge in [0.25, 0.3) is 5.91 Å². The van der Waals surface area contributed by atoms with Gasteiger partial charge < -0.3 is 4.98 Å². The highest BCUT2D eigenvalue weighted by Crippen LogP contribution is 2.25. The molecule has 0 radical (unpaired) electrons. The molecule has 96 valence electrons. The standard InChI is InChI=1S/C16H11N3O/c20-16(19-8-7-17-10-19)14-9-12-6-5-11-3-1-2-4-13(11)15(12)18-14/h1-10,18H. The zero-order valence-electron chi connectivity index (χ0n) is 10.6. The Labute approximate surface area is 114 Å². The number of carbonyl (C=O) groups is 1. The van der Waals surface area contributed by atoms with E-state index in [1.165, 1.54) is 10.9 Å². The molecular weight excluding hydrogens is 250 g/mol. The Morgan fingerprint density at radius 1 is 1.10 bits per heavy atom. The zero-order valence-corrected chi connectivity index (χ0v) is 10.6. The fourth-order valence-electron chi connectivity index (χ4n) is 2.51. The molecule has 4 heteroatoms. The smallest absolute Gasteiger partial charge is 0.279 e. The quantitative estimate of drug-likeness (QED) is 0.572. The minimum atomic E-state index is -0.109. The van der Waals surface area contributed by atoms with Gasteiger partial charge in [0.15, 0.2) is 0 Å². The van der Waals surface area contributed by atoms with E-state index in [0.717, 1.165) is 21.7 Å². The molecule has 0 saturated heterocycles. The Bertz CT molecular complexity index is 919. The summed E-state index contributed by atoms with van der Waals surface area (Å²) >= 11 is 0. The molecule has 4 nitrogen and oxygen atoms in total. The number of H-pyrrole nitrogens is 1. The van der Waals surface area contributed by atoms with Crippen molar-refractivity contribution in [3.8, 4) is 0 Å². The molecule has 4 rings (SSSR count). The van der Waals surface area contributed by atoms with Crippen LogP contribution in [0.15, 0.2) is 61.2 Å². The van der Waals surface area contributed by atoms with Crippen molar-refractivity contribution in [3.63, 3.8) is 0 Å². The minimum Gasteiger partial charge on any atom is -0.350 e. The third-order valence-corrected chi connectivity index (χ3v) is 3.49. The number of benzene rings is 2. The van der Waals surface area contributed by atoms with Gasteiger partial charge in [-0.2, -0.15) is 0 Å². The summed E-state index contributed by atoms with van der Waals surface area (Å²) in [6, 6.07) is 14.1. The van der Waals surface area contributed by atoms with Gasteiger partial charge in [-0.1, -0.05) is 36.4 Å². The average Bonchev–Trinajstić information content (AvgIpc) is 3.15. The number of aromatic amines is 1. The maximum absolute atomic E-state index is 12.3. The first kappa shape index (κ1) is 11.0. The van der Waals surface area contributed by atoms with Crippen molar-refractivity contribution in [3.05, 3.63) is 66.9 Å². The van der Waals surface area contributed by atoms with Crippen molar-refractivity contribution in [2.75, 3.05) is 0 Å². The molecule has 0 aliphatic rings. The van der Waals surface area contributed by atoms with E-state index in [1.54, 1.807) is 12.4 Å². The van der Waals surface area contributed by atoms with E-state index in [0.29, 0.717) is 5.69 Å². The Kier molecular flexibility index (Phi) is 2.23. The SMILES string of the molecule is O=C(c1cc2ccc3ccccc3c2[nH]1)n1ccnc1. The van der Waals surface area contributed by atoms with Crippen molar-refractivity contribution in [2.24, 2.45) is 0 Å². The second-order valence-corrected chi connectivity index (χ2v) is 4.71. The van der Waals surface area contributed by atoms with E-state index < -0.39 is 0 Å².